The lowest BCUT2D eigenvalue weighted by Gasteiger charge is -2.59. The lowest BCUT2D eigenvalue weighted by Crippen LogP contribution is -2.70. The first-order valence-corrected chi connectivity index (χ1v) is 10.2. The van der Waals surface area contributed by atoms with Crippen LogP contribution in [0.5, 0.6) is 11.5 Å². The van der Waals surface area contributed by atoms with Crippen LogP contribution in [0.4, 0.5) is 0 Å². The Morgan fingerprint density at radius 2 is 1.97 bits per heavy atom. The predicted molar refractivity (Wildman–Crippen MR) is 105 cm³/mol. The molecule has 0 bridgehead atoms. The molecule has 0 radical (unpaired) electrons. The summed E-state index contributed by atoms with van der Waals surface area (Å²) in [5.74, 6) is -1.38. The first kappa shape index (κ1) is 18.7. The van der Waals surface area contributed by atoms with E-state index in [9.17, 15) is 20.1 Å². The second-order valence-electron chi connectivity index (χ2n) is 9.00. The minimum absolute atomic E-state index is 0.0208. The third-order valence-electron chi connectivity index (χ3n) is 7.68. The fraction of sp³-hybridized carbons (Fsp3) is 0.522. The number of aromatic hydroxyl groups is 1. The van der Waals surface area contributed by atoms with Crippen molar-refractivity contribution in [3.63, 3.8) is 0 Å². The topological polar surface area (TPSA) is 96.2 Å². The highest BCUT2D eigenvalue weighted by Crippen LogP contribution is 2.67. The lowest BCUT2D eigenvalue weighted by atomic mass is 9.53. The molecule has 2 aliphatic heterocycles. The minimum Gasteiger partial charge on any atom is -0.508 e. The fourth-order valence-electron chi connectivity index (χ4n) is 6.34. The second kappa shape index (κ2) is 5.86. The van der Waals surface area contributed by atoms with Crippen molar-refractivity contribution >= 4 is 11.9 Å². The van der Waals surface area contributed by atoms with Gasteiger partial charge in [-0.1, -0.05) is 13.8 Å². The number of hydrogen-bond donors (Lipinski definition) is 3. The zero-order valence-corrected chi connectivity index (χ0v) is 16.9. The summed E-state index contributed by atoms with van der Waals surface area (Å²) in [7, 11) is 0. The van der Waals surface area contributed by atoms with E-state index < -0.39 is 11.2 Å². The van der Waals surface area contributed by atoms with Crippen LogP contribution in [0.15, 0.2) is 29.0 Å². The number of phenols is 1. The summed E-state index contributed by atoms with van der Waals surface area (Å²) in [4.78, 5) is 13.7. The molecule has 1 aromatic rings. The summed E-state index contributed by atoms with van der Waals surface area (Å²) in [6.07, 6.45) is 3.57. The van der Waals surface area contributed by atoms with Crippen molar-refractivity contribution in [3.05, 3.63) is 40.2 Å². The molecular weight excluding hydrogens is 372 g/mol. The number of ether oxygens (including phenoxy) is 2. The van der Waals surface area contributed by atoms with E-state index >= 15 is 0 Å². The molecule has 2 spiro atoms. The Morgan fingerprint density at radius 1 is 1.21 bits per heavy atom. The number of phenolic OH excluding ortho intramolecular Hbond substituents is 1. The molecule has 1 saturated carbocycles. The van der Waals surface area contributed by atoms with Gasteiger partial charge in [0.1, 0.15) is 16.9 Å². The van der Waals surface area contributed by atoms with Gasteiger partial charge in [0.15, 0.2) is 5.76 Å². The Labute approximate surface area is 169 Å². The van der Waals surface area contributed by atoms with Crippen LogP contribution in [0.2, 0.25) is 0 Å². The normalized spacial score (nSPS) is 37.9. The molecule has 2 aliphatic carbocycles. The maximum absolute atomic E-state index is 13.7. The number of carbonyl (C=O) groups excluding carboxylic acids is 1. The van der Waals surface area contributed by atoms with Crippen molar-refractivity contribution < 1.29 is 29.6 Å². The van der Waals surface area contributed by atoms with Gasteiger partial charge < -0.3 is 24.8 Å². The molecule has 0 aromatic heterocycles. The SMILES string of the molecule is CC1=C(O)C(=O)[C@]23[C@H](C)CC[C@H]2[C@@H](C)CO[C@@]32Oc3cc(O)cc(CO)c3C=C12. The number of rotatable bonds is 1. The van der Waals surface area contributed by atoms with Crippen molar-refractivity contribution in [2.24, 2.45) is 23.2 Å². The van der Waals surface area contributed by atoms with Crippen LogP contribution in [-0.4, -0.2) is 33.5 Å². The fourth-order valence-corrected chi connectivity index (χ4v) is 6.34. The summed E-state index contributed by atoms with van der Waals surface area (Å²) < 4.78 is 13.0. The Bertz CT molecular complexity index is 991. The molecule has 5 atom stereocenters. The summed E-state index contributed by atoms with van der Waals surface area (Å²) in [6.45, 7) is 6.00. The van der Waals surface area contributed by atoms with E-state index in [1.807, 2.05) is 13.0 Å². The van der Waals surface area contributed by atoms with Gasteiger partial charge in [-0.3, -0.25) is 4.79 Å². The molecule has 1 saturated heterocycles. The highest BCUT2D eigenvalue weighted by Gasteiger charge is 2.75. The van der Waals surface area contributed by atoms with Gasteiger partial charge in [0.05, 0.1) is 13.2 Å². The van der Waals surface area contributed by atoms with E-state index in [1.54, 1.807) is 6.92 Å². The molecule has 3 N–H and O–H groups in total. The maximum atomic E-state index is 13.7. The highest BCUT2D eigenvalue weighted by molar-refractivity contribution is 6.04. The van der Waals surface area contributed by atoms with Crippen LogP contribution in [0.3, 0.4) is 0 Å². The second-order valence-corrected chi connectivity index (χ2v) is 9.00. The first-order chi connectivity index (χ1) is 13.8. The molecule has 1 aromatic carbocycles. The van der Waals surface area contributed by atoms with Crippen LogP contribution in [-0.2, 0) is 16.1 Å². The van der Waals surface area contributed by atoms with Crippen LogP contribution < -0.4 is 4.74 Å². The third kappa shape index (κ3) is 2.01. The summed E-state index contributed by atoms with van der Waals surface area (Å²) >= 11 is 0. The van der Waals surface area contributed by atoms with E-state index in [4.69, 9.17) is 9.47 Å². The molecule has 2 heterocycles. The molecular formula is C23H26O6. The molecule has 6 nitrogen and oxygen atoms in total. The molecule has 4 aliphatic rings. The quantitative estimate of drug-likeness (QED) is 0.670. The van der Waals surface area contributed by atoms with Crippen LogP contribution in [0, 0.1) is 23.2 Å². The van der Waals surface area contributed by atoms with E-state index in [-0.39, 0.29) is 41.7 Å². The average molecular weight is 398 g/mol. The summed E-state index contributed by atoms with van der Waals surface area (Å²) in [5, 5.41) is 30.8. The van der Waals surface area contributed by atoms with Crippen molar-refractivity contribution in [2.45, 2.75) is 46.0 Å². The van der Waals surface area contributed by atoms with Crippen molar-refractivity contribution in [1.29, 1.82) is 0 Å². The average Bonchev–Trinajstić information content (AvgIpc) is 3.06. The van der Waals surface area contributed by atoms with Gasteiger partial charge in [-0.15, -0.1) is 0 Å². The number of hydrogen-bond acceptors (Lipinski definition) is 6. The van der Waals surface area contributed by atoms with Crippen molar-refractivity contribution in [1.82, 2.24) is 0 Å². The molecule has 5 rings (SSSR count). The summed E-state index contributed by atoms with van der Waals surface area (Å²) in [6, 6.07) is 2.99. The monoisotopic (exact) mass is 398 g/mol. The van der Waals surface area contributed by atoms with Crippen LogP contribution in [0.25, 0.3) is 6.08 Å². The number of aliphatic hydroxyl groups is 2. The molecule has 154 valence electrons. The Balaban J connectivity index is 1.86. The molecule has 0 unspecified atom stereocenters. The minimum atomic E-state index is -1.35. The summed E-state index contributed by atoms with van der Waals surface area (Å²) in [5.41, 5.74) is 1.19. The number of carbonyl (C=O) groups is 1. The van der Waals surface area contributed by atoms with Gasteiger partial charge in [0, 0.05) is 22.8 Å². The van der Waals surface area contributed by atoms with Gasteiger partial charge >= 0.3 is 0 Å². The number of Topliss-reactive ketones (excluding diaryl/α,β-unsaturated/α-hetero) is 1. The predicted octanol–water partition coefficient (Wildman–Crippen LogP) is 3.47. The zero-order valence-electron chi connectivity index (χ0n) is 16.9. The maximum Gasteiger partial charge on any atom is 0.251 e. The first-order valence-electron chi connectivity index (χ1n) is 10.2. The highest BCUT2D eigenvalue weighted by atomic mass is 16.7. The zero-order chi connectivity index (χ0) is 20.7. The van der Waals surface area contributed by atoms with Crippen molar-refractivity contribution in [3.8, 4) is 11.5 Å². The van der Waals surface area contributed by atoms with Gasteiger partial charge in [0.25, 0.3) is 5.79 Å². The van der Waals surface area contributed by atoms with Crippen LogP contribution in [0.1, 0.15) is 44.7 Å². The third-order valence-corrected chi connectivity index (χ3v) is 7.68. The number of fused-ring (bicyclic) bond motifs is 1. The Kier molecular flexibility index (Phi) is 3.78. The molecule has 2 fully saturated rings. The van der Waals surface area contributed by atoms with E-state index in [0.717, 1.165) is 12.8 Å². The van der Waals surface area contributed by atoms with E-state index in [0.29, 0.717) is 34.6 Å². The smallest absolute Gasteiger partial charge is 0.251 e. The van der Waals surface area contributed by atoms with E-state index in [2.05, 4.69) is 6.92 Å². The van der Waals surface area contributed by atoms with Gasteiger partial charge in [-0.25, -0.2) is 0 Å². The standard InChI is InChI=1S/C23H26O6/c1-11-10-28-23-18(8-16-14(9-24)6-15(25)7-19(16)29-23)13(3)20(26)21(27)22(23)12(2)4-5-17(11)22/h6-8,11-12,17,24-26H,4-5,9-10H2,1-3H3/t11-,12+,17-,22-,23-/m0/s1. The Morgan fingerprint density at radius 3 is 2.69 bits per heavy atom. The molecule has 6 heteroatoms. The van der Waals surface area contributed by atoms with Gasteiger partial charge in [-0.05, 0) is 55.2 Å². The van der Waals surface area contributed by atoms with Crippen LogP contribution >= 0.6 is 0 Å². The van der Waals surface area contributed by atoms with Gasteiger partial charge in [0.2, 0.25) is 5.78 Å². The van der Waals surface area contributed by atoms with Crippen molar-refractivity contribution in [2.75, 3.05) is 6.61 Å². The molecule has 29 heavy (non-hydrogen) atoms. The number of benzene rings is 1. The van der Waals surface area contributed by atoms with Gasteiger partial charge in [-0.2, -0.15) is 0 Å². The number of allylic oxidation sites excluding steroid dienone is 1. The number of ketones is 1. The largest absolute Gasteiger partial charge is 0.508 e. The molecule has 0 amide bonds. The lowest BCUT2D eigenvalue weighted by molar-refractivity contribution is -0.282. The van der Waals surface area contributed by atoms with E-state index in [1.165, 1.54) is 12.1 Å². The Hall–Kier alpha value is -2.31. The number of aliphatic hydroxyl groups excluding tert-OH is 2.